The SMILES string of the molecule is CC(O)c1ccccc1NC1CC(c2ccccc2Cl)C1. The Kier molecular flexibility index (Phi) is 4.18. The van der Waals surface area contributed by atoms with E-state index in [1.807, 2.05) is 42.5 Å². The van der Waals surface area contributed by atoms with Crippen LogP contribution in [-0.2, 0) is 0 Å². The second-order valence-electron chi connectivity index (χ2n) is 5.79. The second-order valence-corrected chi connectivity index (χ2v) is 6.20. The molecule has 110 valence electrons. The van der Waals surface area contributed by atoms with Gasteiger partial charge in [-0.3, -0.25) is 0 Å². The minimum atomic E-state index is -0.451. The molecule has 0 amide bonds. The van der Waals surface area contributed by atoms with Crippen LogP contribution < -0.4 is 5.32 Å². The molecule has 2 nitrogen and oxygen atoms in total. The van der Waals surface area contributed by atoms with Crippen LogP contribution in [0.25, 0.3) is 0 Å². The summed E-state index contributed by atoms with van der Waals surface area (Å²) in [6, 6.07) is 16.5. The van der Waals surface area contributed by atoms with Crippen LogP contribution in [-0.4, -0.2) is 11.1 Å². The van der Waals surface area contributed by atoms with Crippen molar-refractivity contribution in [2.75, 3.05) is 5.32 Å². The molecule has 1 saturated carbocycles. The molecule has 1 unspecified atom stereocenters. The molecule has 1 aliphatic rings. The molecular weight excluding hydrogens is 282 g/mol. The molecule has 3 rings (SSSR count). The largest absolute Gasteiger partial charge is 0.389 e. The van der Waals surface area contributed by atoms with Gasteiger partial charge < -0.3 is 10.4 Å². The number of anilines is 1. The number of aliphatic hydroxyl groups is 1. The van der Waals surface area contributed by atoms with E-state index in [1.165, 1.54) is 5.56 Å². The van der Waals surface area contributed by atoms with Crippen LogP contribution in [0.4, 0.5) is 5.69 Å². The third-order valence-electron chi connectivity index (χ3n) is 4.25. The van der Waals surface area contributed by atoms with Crippen molar-refractivity contribution in [3.8, 4) is 0 Å². The average Bonchev–Trinajstić information content (AvgIpc) is 2.44. The third kappa shape index (κ3) is 3.07. The molecule has 2 aromatic carbocycles. The van der Waals surface area contributed by atoms with Crippen molar-refractivity contribution in [3.05, 3.63) is 64.7 Å². The number of rotatable bonds is 4. The van der Waals surface area contributed by atoms with Gasteiger partial charge >= 0.3 is 0 Å². The summed E-state index contributed by atoms with van der Waals surface area (Å²) in [4.78, 5) is 0. The summed E-state index contributed by atoms with van der Waals surface area (Å²) in [6.45, 7) is 1.80. The van der Waals surface area contributed by atoms with E-state index in [0.717, 1.165) is 29.1 Å². The van der Waals surface area contributed by atoms with Crippen molar-refractivity contribution >= 4 is 17.3 Å². The van der Waals surface area contributed by atoms with Crippen LogP contribution in [0.2, 0.25) is 5.02 Å². The molecule has 1 atom stereocenters. The van der Waals surface area contributed by atoms with Gasteiger partial charge in [-0.1, -0.05) is 48.0 Å². The molecule has 0 bridgehead atoms. The van der Waals surface area contributed by atoms with E-state index < -0.39 is 6.10 Å². The van der Waals surface area contributed by atoms with Gasteiger partial charge in [-0.2, -0.15) is 0 Å². The third-order valence-corrected chi connectivity index (χ3v) is 4.60. The molecule has 1 fully saturated rings. The van der Waals surface area contributed by atoms with Crippen molar-refractivity contribution in [2.45, 2.75) is 37.8 Å². The Morgan fingerprint density at radius 3 is 2.48 bits per heavy atom. The van der Waals surface area contributed by atoms with Crippen LogP contribution >= 0.6 is 11.6 Å². The lowest BCUT2D eigenvalue weighted by Gasteiger charge is -2.37. The molecule has 0 spiro atoms. The Hall–Kier alpha value is -1.51. The fraction of sp³-hybridized carbons (Fsp3) is 0.333. The van der Waals surface area contributed by atoms with Gasteiger partial charge in [0, 0.05) is 22.3 Å². The van der Waals surface area contributed by atoms with Gasteiger partial charge in [-0.15, -0.1) is 0 Å². The Balaban J connectivity index is 1.64. The van der Waals surface area contributed by atoms with E-state index in [1.54, 1.807) is 6.92 Å². The molecule has 0 radical (unpaired) electrons. The number of para-hydroxylation sites is 1. The topological polar surface area (TPSA) is 32.3 Å². The van der Waals surface area contributed by atoms with Gasteiger partial charge in [0.25, 0.3) is 0 Å². The zero-order valence-corrected chi connectivity index (χ0v) is 12.8. The molecule has 3 heteroatoms. The van der Waals surface area contributed by atoms with Gasteiger partial charge in [0.1, 0.15) is 0 Å². The predicted molar refractivity (Wildman–Crippen MR) is 87.9 cm³/mol. The number of hydrogen-bond donors (Lipinski definition) is 2. The van der Waals surface area contributed by atoms with Gasteiger partial charge in [-0.25, -0.2) is 0 Å². The highest BCUT2D eigenvalue weighted by molar-refractivity contribution is 6.31. The molecule has 0 heterocycles. The number of halogens is 1. The first-order valence-electron chi connectivity index (χ1n) is 7.43. The fourth-order valence-electron chi connectivity index (χ4n) is 3.01. The first-order valence-corrected chi connectivity index (χ1v) is 7.81. The highest BCUT2D eigenvalue weighted by atomic mass is 35.5. The van der Waals surface area contributed by atoms with Crippen molar-refractivity contribution in [1.82, 2.24) is 0 Å². The maximum atomic E-state index is 9.82. The van der Waals surface area contributed by atoms with Crippen molar-refractivity contribution in [2.24, 2.45) is 0 Å². The Bertz CT molecular complexity index is 620. The first-order chi connectivity index (χ1) is 10.1. The van der Waals surface area contributed by atoms with Gasteiger partial charge in [-0.05, 0) is 43.4 Å². The highest BCUT2D eigenvalue weighted by Crippen LogP contribution is 2.41. The second kappa shape index (κ2) is 6.08. The molecule has 0 aliphatic heterocycles. The van der Waals surface area contributed by atoms with E-state index in [4.69, 9.17) is 11.6 Å². The molecule has 1 aliphatic carbocycles. The van der Waals surface area contributed by atoms with Crippen LogP contribution in [0.15, 0.2) is 48.5 Å². The summed E-state index contributed by atoms with van der Waals surface area (Å²) in [5, 5.41) is 14.2. The number of benzene rings is 2. The maximum Gasteiger partial charge on any atom is 0.0781 e. The predicted octanol–water partition coefficient (Wildman–Crippen LogP) is 4.75. The summed E-state index contributed by atoms with van der Waals surface area (Å²) in [5.74, 6) is 0.537. The normalized spacial score (nSPS) is 22.4. The lowest BCUT2D eigenvalue weighted by Crippen LogP contribution is -2.34. The number of aliphatic hydroxyl groups excluding tert-OH is 1. The fourth-order valence-corrected chi connectivity index (χ4v) is 3.30. The van der Waals surface area contributed by atoms with E-state index >= 15 is 0 Å². The maximum absolute atomic E-state index is 9.82. The van der Waals surface area contributed by atoms with Crippen molar-refractivity contribution in [1.29, 1.82) is 0 Å². The monoisotopic (exact) mass is 301 g/mol. The first kappa shape index (κ1) is 14.4. The van der Waals surface area contributed by atoms with Crippen LogP contribution in [0.3, 0.4) is 0 Å². The molecular formula is C18H20ClNO. The summed E-state index contributed by atoms with van der Waals surface area (Å²) in [7, 11) is 0. The zero-order chi connectivity index (χ0) is 14.8. The quantitative estimate of drug-likeness (QED) is 0.854. The van der Waals surface area contributed by atoms with Crippen molar-refractivity contribution in [3.63, 3.8) is 0 Å². The smallest absolute Gasteiger partial charge is 0.0781 e. The lowest BCUT2D eigenvalue weighted by molar-refractivity contribution is 0.199. The van der Waals surface area contributed by atoms with Crippen molar-refractivity contribution < 1.29 is 5.11 Å². The zero-order valence-electron chi connectivity index (χ0n) is 12.1. The van der Waals surface area contributed by atoms with E-state index in [-0.39, 0.29) is 0 Å². The van der Waals surface area contributed by atoms with Crippen LogP contribution in [0, 0.1) is 0 Å². The molecule has 0 saturated heterocycles. The van der Waals surface area contributed by atoms with E-state index in [9.17, 15) is 5.11 Å². The minimum Gasteiger partial charge on any atom is -0.389 e. The Labute approximate surface area is 130 Å². The van der Waals surface area contributed by atoms with Crippen LogP contribution in [0.1, 0.15) is 42.9 Å². The number of nitrogens with one attached hydrogen (secondary N) is 1. The average molecular weight is 302 g/mol. The van der Waals surface area contributed by atoms with Gasteiger partial charge in [0.15, 0.2) is 0 Å². The molecule has 2 aromatic rings. The van der Waals surface area contributed by atoms with E-state index in [2.05, 4.69) is 11.4 Å². The molecule has 0 aromatic heterocycles. The summed E-state index contributed by atoms with van der Waals surface area (Å²) >= 11 is 6.25. The van der Waals surface area contributed by atoms with E-state index in [0.29, 0.717) is 12.0 Å². The number of hydrogen-bond acceptors (Lipinski definition) is 2. The van der Waals surface area contributed by atoms with Crippen LogP contribution in [0.5, 0.6) is 0 Å². The minimum absolute atomic E-state index is 0.450. The Morgan fingerprint density at radius 2 is 1.76 bits per heavy atom. The highest BCUT2D eigenvalue weighted by Gasteiger charge is 2.31. The van der Waals surface area contributed by atoms with Gasteiger partial charge in [0.05, 0.1) is 6.10 Å². The summed E-state index contributed by atoms with van der Waals surface area (Å²) in [6.07, 6.45) is 1.71. The van der Waals surface area contributed by atoms with Gasteiger partial charge in [0.2, 0.25) is 0 Å². The summed E-state index contributed by atoms with van der Waals surface area (Å²) in [5.41, 5.74) is 3.25. The lowest BCUT2D eigenvalue weighted by atomic mass is 9.75. The Morgan fingerprint density at radius 1 is 1.10 bits per heavy atom. The summed E-state index contributed by atoms with van der Waals surface area (Å²) < 4.78 is 0. The molecule has 2 N–H and O–H groups in total. The molecule has 21 heavy (non-hydrogen) atoms. The standard InChI is InChI=1S/C18H20ClNO/c1-12(21)15-6-3-5-9-18(15)20-14-10-13(11-14)16-7-2-4-8-17(16)19/h2-9,12-14,20-21H,10-11H2,1H3.